The number of aliphatic hydroxyl groups excluding tert-OH is 1. The van der Waals surface area contributed by atoms with E-state index in [9.17, 15) is 10.4 Å². The highest BCUT2D eigenvalue weighted by molar-refractivity contribution is 5.11. The number of aliphatic hydroxyl groups is 1. The van der Waals surface area contributed by atoms with Crippen LogP contribution < -0.4 is 0 Å². The lowest BCUT2D eigenvalue weighted by Crippen LogP contribution is -2.50. The van der Waals surface area contributed by atoms with E-state index in [-0.39, 0.29) is 5.41 Å². The molecule has 0 radical (unpaired) electrons. The molecule has 0 aromatic carbocycles. The minimum atomic E-state index is 0.288. The molecule has 0 saturated heterocycles. The molecule has 3 fully saturated rings. The summed E-state index contributed by atoms with van der Waals surface area (Å²) in [6.45, 7) is 7.64. The van der Waals surface area contributed by atoms with E-state index in [0.29, 0.717) is 23.9 Å². The molecule has 0 amide bonds. The molecular formula is C19H31NO. The predicted octanol–water partition coefficient (Wildman–Crippen LogP) is 4.39. The number of fused-ring (bicyclic) bond motifs is 3. The molecule has 6 atom stereocenters. The maximum atomic E-state index is 9.50. The van der Waals surface area contributed by atoms with Gasteiger partial charge in [-0.25, -0.2) is 0 Å². The second kappa shape index (κ2) is 5.27. The molecule has 0 aromatic heterocycles. The summed E-state index contributed by atoms with van der Waals surface area (Å²) in [5.41, 5.74) is 0.646. The summed E-state index contributed by atoms with van der Waals surface area (Å²) in [5, 5.41) is 18.9. The predicted molar refractivity (Wildman–Crippen MR) is 84.4 cm³/mol. The van der Waals surface area contributed by atoms with E-state index in [1.165, 1.54) is 32.1 Å². The van der Waals surface area contributed by atoms with Crippen LogP contribution in [-0.2, 0) is 0 Å². The van der Waals surface area contributed by atoms with Crippen molar-refractivity contribution in [3.8, 4) is 6.07 Å². The van der Waals surface area contributed by atoms with Crippen molar-refractivity contribution in [1.82, 2.24) is 0 Å². The highest BCUT2D eigenvalue weighted by Gasteiger charge is 2.58. The Morgan fingerprint density at radius 3 is 2.48 bits per heavy atom. The minimum Gasteiger partial charge on any atom is -0.396 e. The van der Waals surface area contributed by atoms with Crippen molar-refractivity contribution in [2.45, 2.75) is 65.7 Å². The van der Waals surface area contributed by atoms with Gasteiger partial charge in [-0.3, -0.25) is 0 Å². The SMILES string of the molecule is CC1(C)[C@H](CCO)CC[C@@H]2[C@@H]1CC[C@]1(C)[C@@H](C#N)CC[C@@H]21. The summed E-state index contributed by atoms with van der Waals surface area (Å²) >= 11 is 0. The molecule has 0 bridgehead atoms. The standard InChI is InChI=1S/C19H31NO/c1-18(2)13(9-11-21)4-6-15-16(18)8-10-19(3)14(12-20)5-7-17(15)19/h13-17,21H,4-11H2,1-3H3/t13-,14+,15+,16-,17-,19+/m0/s1. The first-order valence-corrected chi connectivity index (χ1v) is 8.95. The minimum absolute atomic E-state index is 0.288. The molecule has 21 heavy (non-hydrogen) atoms. The summed E-state index contributed by atoms with van der Waals surface area (Å²) in [6.07, 6.45) is 8.52. The van der Waals surface area contributed by atoms with Gasteiger partial charge in [0, 0.05) is 6.61 Å². The molecule has 3 rings (SSSR count). The number of hydrogen-bond acceptors (Lipinski definition) is 2. The van der Waals surface area contributed by atoms with Crippen LogP contribution in [0.15, 0.2) is 0 Å². The van der Waals surface area contributed by atoms with Crippen molar-refractivity contribution in [3.63, 3.8) is 0 Å². The Hall–Kier alpha value is -0.550. The zero-order valence-electron chi connectivity index (χ0n) is 13.9. The van der Waals surface area contributed by atoms with Crippen LogP contribution in [0.2, 0.25) is 0 Å². The van der Waals surface area contributed by atoms with E-state index >= 15 is 0 Å². The van der Waals surface area contributed by atoms with E-state index in [0.717, 1.165) is 30.6 Å². The van der Waals surface area contributed by atoms with Crippen LogP contribution in [0.5, 0.6) is 0 Å². The van der Waals surface area contributed by atoms with Gasteiger partial charge in [-0.2, -0.15) is 5.26 Å². The van der Waals surface area contributed by atoms with Crippen LogP contribution in [0.1, 0.15) is 65.7 Å². The van der Waals surface area contributed by atoms with Gasteiger partial charge in [-0.15, -0.1) is 0 Å². The monoisotopic (exact) mass is 289 g/mol. The van der Waals surface area contributed by atoms with Gasteiger partial charge in [0.2, 0.25) is 0 Å². The van der Waals surface area contributed by atoms with Gasteiger partial charge < -0.3 is 5.11 Å². The smallest absolute Gasteiger partial charge is 0.0661 e. The second-order valence-electron chi connectivity index (χ2n) is 8.79. The third-order valence-electron chi connectivity index (χ3n) is 7.93. The van der Waals surface area contributed by atoms with Crippen molar-refractivity contribution < 1.29 is 5.11 Å². The first kappa shape index (κ1) is 15.3. The highest BCUT2D eigenvalue weighted by Crippen LogP contribution is 2.65. The fraction of sp³-hybridized carbons (Fsp3) is 0.947. The zero-order valence-corrected chi connectivity index (χ0v) is 13.9. The number of hydrogen-bond donors (Lipinski definition) is 1. The van der Waals surface area contributed by atoms with Gasteiger partial charge in [0.1, 0.15) is 0 Å². The molecular weight excluding hydrogens is 258 g/mol. The van der Waals surface area contributed by atoms with Crippen LogP contribution in [-0.4, -0.2) is 11.7 Å². The summed E-state index contributed by atoms with van der Waals surface area (Å²) in [5.74, 6) is 3.38. The van der Waals surface area contributed by atoms with Crippen LogP contribution in [0.4, 0.5) is 0 Å². The van der Waals surface area contributed by atoms with Gasteiger partial charge >= 0.3 is 0 Å². The molecule has 118 valence electrons. The molecule has 3 aliphatic carbocycles. The molecule has 3 saturated carbocycles. The van der Waals surface area contributed by atoms with E-state index in [2.05, 4.69) is 26.8 Å². The largest absolute Gasteiger partial charge is 0.396 e. The molecule has 0 heterocycles. The molecule has 1 N–H and O–H groups in total. The topological polar surface area (TPSA) is 44.0 Å². The molecule has 0 aromatic rings. The second-order valence-corrected chi connectivity index (χ2v) is 8.79. The van der Waals surface area contributed by atoms with Crippen LogP contribution in [0.3, 0.4) is 0 Å². The molecule has 0 aliphatic heterocycles. The lowest BCUT2D eigenvalue weighted by atomic mass is 9.47. The molecule has 2 heteroatoms. The summed E-state index contributed by atoms with van der Waals surface area (Å²) in [4.78, 5) is 0. The van der Waals surface area contributed by atoms with E-state index in [4.69, 9.17) is 0 Å². The quantitative estimate of drug-likeness (QED) is 0.819. The van der Waals surface area contributed by atoms with Gasteiger partial charge in [0.05, 0.1) is 12.0 Å². The van der Waals surface area contributed by atoms with Crippen LogP contribution in [0.25, 0.3) is 0 Å². The average Bonchev–Trinajstić information content (AvgIpc) is 2.78. The van der Waals surface area contributed by atoms with Crippen LogP contribution >= 0.6 is 0 Å². The Morgan fingerprint density at radius 2 is 1.81 bits per heavy atom. The fourth-order valence-electron chi connectivity index (χ4n) is 6.57. The third kappa shape index (κ3) is 2.15. The van der Waals surface area contributed by atoms with Gasteiger partial charge in [-0.1, -0.05) is 20.8 Å². The van der Waals surface area contributed by atoms with Crippen molar-refractivity contribution in [3.05, 3.63) is 0 Å². The van der Waals surface area contributed by atoms with Gasteiger partial charge in [0.25, 0.3) is 0 Å². The van der Waals surface area contributed by atoms with Gasteiger partial charge in [-0.05, 0) is 79.4 Å². The van der Waals surface area contributed by atoms with Crippen LogP contribution in [0, 0.1) is 51.8 Å². The average molecular weight is 289 g/mol. The first-order chi connectivity index (χ1) is 9.95. The Kier molecular flexibility index (Phi) is 3.85. The Bertz CT molecular complexity index is 437. The third-order valence-corrected chi connectivity index (χ3v) is 7.93. The maximum Gasteiger partial charge on any atom is 0.0661 e. The summed E-state index contributed by atoms with van der Waals surface area (Å²) < 4.78 is 0. The Balaban J connectivity index is 1.85. The highest BCUT2D eigenvalue weighted by atomic mass is 16.3. The van der Waals surface area contributed by atoms with Crippen molar-refractivity contribution >= 4 is 0 Å². The lowest BCUT2D eigenvalue weighted by Gasteiger charge is -2.57. The molecule has 3 aliphatic rings. The summed E-state index contributed by atoms with van der Waals surface area (Å²) in [6, 6.07) is 2.62. The fourth-order valence-corrected chi connectivity index (χ4v) is 6.57. The zero-order chi connectivity index (χ0) is 15.3. The van der Waals surface area contributed by atoms with Crippen molar-refractivity contribution in [2.24, 2.45) is 40.4 Å². The van der Waals surface area contributed by atoms with E-state index < -0.39 is 0 Å². The maximum absolute atomic E-state index is 9.50. The normalized spacial score (nSPS) is 48.2. The summed E-state index contributed by atoms with van der Waals surface area (Å²) in [7, 11) is 0. The van der Waals surface area contributed by atoms with E-state index in [1.807, 2.05) is 0 Å². The molecule has 0 spiro atoms. The first-order valence-electron chi connectivity index (χ1n) is 8.95. The molecule has 2 nitrogen and oxygen atoms in total. The van der Waals surface area contributed by atoms with Crippen molar-refractivity contribution in [1.29, 1.82) is 5.26 Å². The molecule has 0 unspecified atom stereocenters. The Morgan fingerprint density at radius 1 is 1.05 bits per heavy atom. The lowest BCUT2D eigenvalue weighted by molar-refractivity contribution is -0.0873. The number of rotatable bonds is 2. The number of nitriles is 1. The Labute approximate surface area is 129 Å². The van der Waals surface area contributed by atoms with Gasteiger partial charge in [0.15, 0.2) is 0 Å². The van der Waals surface area contributed by atoms with Crippen molar-refractivity contribution in [2.75, 3.05) is 6.61 Å². The van der Waals surface area contributed by atoms with E-state index in [1.54, 1.807) is 0 Å². The number of nitrogens with zero attached hydrogens (tertiary/aromatic N) is 1.